The van der Waals surface area contributed by atoms with Gasteiger partial charge in [0.25, 0.3) is 15.9 Å². The van der Waals surface area contributed by atoms with Gasteiger partial charge in [-0.15, -0.1) is 22.7 Å². The number of fused-ring (bicyclic) bond motifs is 1. The second-order valence-electron chi connectivity index (χ2n) is 6.73. The number of nitrogens with one attached hydrogen (secondary N) is 1. The number of rotatable bonds is 6. The molecule has 0 bridgehead atoms. The number of carbonyl (C=O) groups excluding carboxylic acids is 1. The van der Waals surface area contributed by atoms with Crippen molar-refractivity contribution >= 4 is 48.8 Å². The fourth-order valence-electron chi connectivity index (χ4n) is 3.50. The van der Waals surface area contributed by atoms with E-state index in [-0.39, 0.29) is 11.9 Å². The van der Waals surface area contributed by atoms with Gasteiger partial charge in [-0.3, -0.25) is 4.79 Å². The summed E-state index contributed by atoms with van der Waals surface area (Å²) in [5.74, 6) is -0.204. The van der Waals surface area contributed by atoms with E-state index in [0.717, 1.165) is 29.5 Å². The minimum atomic E-state index is -3.46. The molecule has 1 unspecified atom stereocenters. The Morgan fingerprint density at radius 3 is 2.86 bits per heavy atom. The van der Waals surface area contributed by atoms with Crippen molar-refractivity contribution in [3.63, 3.8) is 0 Å². The van der Waals surface area contributed by atoms with Gasteiger partial charge in [0.15, 0.2) is 5.01 Å². The van der Waals surface area contributed by atoms with Crippen molar-refractivity contribution in [1.82, 2.24) is 14.6 Å². The Kier molecular flexibility index (Phi) is 5.77. The summed E-state index contributed by atoms with van der Waals surface area (Å²) >= 11 is 2.61. The molecule has 1 atom stereocenters. The smallest absolute Gasteiger partial charge is 0.280 e. The maximum atomic E-state index is 12.9. The van der Waals surface area contributed by atoms with Crippen molar-refractivity contribution in [1.29, 1.82) is 0 Å². The van der Waals surface area contributed by atoms with Gasteiger partial charge in [0.05, 0.1) is 10.2 Å². The lowest BCUT2D eigenvalue weighted by atomic mass is 10.0. The monoisotopic (exact) mass is 435 g/mol. The maximum absolute atomic E-state index is 12.9. The number of amides is 1. The summed E-state index contributed by atoms with van der Waals surface area (Å²) in [6.45, 7) is 0.965. The van der Waals surface area contributed by atoms with Crippen LogP contribution in [0.5, 0.6) is 0 Å². The molecule has 3 aromatic rings. The van der Waals surface area contributed by atoms with Crippen LogP contribution in [0.3, 0.4) is 0 Å². The Morgan fingerprint density at radius 1 is 1.21 bits per heavy atom. The summed E-state index contributed by atoms with van der Waals surface area (Å²) in [6, 6.07) is 11.0. The van der Waals surface area contributed by atoms with Gasteiger partial charge in [-0.1, -0.05) is 24.6 Å². The van der Waals surface area contributed by atoms with E-state index < -0.39 is 10.0 Å². The molecule has 1 saturated heterocycles. The van der Waals surface area contributed by atoms with Gasteiger partial charge >= 0.3 is 0 Å². The number of benzene rings is 1. The van der Waals surface area contributed by atoms with E-state index in [0.29, 0.717) is 28.7 Å². The Balaban J connectivity index is 1.39. The lowest BCUT2D eigenvalue weighted by Gasteiger charge is -2.34. The molecule has 0 saturated carbocycles. The molecule has 148 valence electrons. The largest absolute Gasteiger partial charge is 0.350 e. The predicted octanol–water partition coefficient (Wildman–Crippen LogP) is 3.72. The van der Waals surface area contributed by atoms with Gasteiger partial charge in [-0.25, -0.2) is 13.4 Å². The molecule has 4 rings (SSSR count). The first-order valence-electron chi connectivity index (χ1n) is 9.25. The van der Waals surface area contributed by atoms with Crippen LogP contribution in [-0.2, 0) is 10.0 Å². The molecule has 0 radical (unpaired) electrons. The van der Waals surface area contributed by atoms with E-state index in [1.165, 1.54) is 22.7 Å². The summed E-state index contributed by atoms with van der Waals surface area (Å²) in [5, 5.41) is 5.12. The second-order valence-corrected chi connectivity index (χ2v) is 10.8. The van der Waals surface area contributed by atoms with Crippen LogP contribution in [0.4, 0.5) is 0 Å². The van der Waals surface area contributed by atoms with E-state index in [4.69, 9.17) is 0 Å². The third-order valence-electron chi connectivity index (χ3n) is 4.88. The predicted molar refractivity (Wildman–Crippen MR) is 112 cm³/mol. The lowest BCUT2D eigenvalue weighted by molar-refractivity contribution is 0.0949. The van der Waals surface area contributed by atoms with Crippen LogP contribution in [0.2, 0.25) is 0 Å². The molecule has 1 aliphatic rings. The number of para-hydroxylation sites is 1. The van der Waals surface area contributed by atoms with Crippen molar-refractivity contribution in [3.8, 4) is 0 Å². The van der Waals surface area contributed by atoms with Crippen molar-refractivity contribution in [3.05, 3.63) is 46.8 Å². The summed E-state index contributed by atoms with van der Waals surface area (Å²) < 4.78 is 28.8. The summed E-state index contributed by atoms with van der Waals surface area (Å²) in [6.07, 6.45) is 3.30. The number of aromatic nitrogens is 1. The maximum Gasteiger partial charge on any atom is 0.280 e. The van der Waals surface area contributed by atoms with Crippen molar-refractivity contribution in [2.24, 2.45) is 0 Å². The highest BCUT2D eigenvalue weighted by Crippen LogP contribution is 2.29. The number of nitrogens with zero attached hydrogens (tertiary/aromatic N) is 2. The zero-order chi connectivity index (χ0) is 19.6. The van der Waals surface area contributed by atoms with Crippen LogP contribution >= 0.6 is 22.7 Å². The van der Waals surface area contributed by atoms with Crippen LogP contribution in [0.25, 0.3) is 10.2 Å². The minimum Gasteiger partial charge on any atom is -0.350 e. The van der Waals surface area contributed by atoms with Crippen LogP contribution in [0, 0.1) is 0 Å². The molecule has 1 amide bonds. The van der Waals surface area contributed by atoms with E-state index in [1.54, 1.807) is 21.8 Å². The van der Waals surface area contributed by atoms with Crippen molar-refractivity contribution in [2.45, 2.75) is 35.9 Å². The molecule has 9 heteroatoms. The second kappa shape index (κ2) is 8.28. The van der Waals surface area contributed by atoms with Gasteiger partial charge in [-0.2, -0.15) is 4.31 Å². The quantitative estimate of drug-likeness (QED) is 0.640. The first kappa shape index (κ1) is 19.5. The molecule has 1 fully saturated rings. The molecular weight excluding hydrogens is 414 g/mol. The topological polar surface area (TPSA) is 79.4 Å². The molecule has 0 spiro atoms. The highest BCUT2D eigenvalue weighted by atomic mass is 32.2. The fourth-order valence-corrected chi connectivity index (χ4v) is 7.23. The molecule has 2 aromatic heterocycles. The normalized spacial score (nSPS) is 18.4. The van der Waals surface area contributed by atoms with Crippen LogP contribution < -0.4 is 5.32 Å². The van der Waals surface area contributed by atoms with Crippen LogP contribution in [0.1, 0.15) is 35.5 Å². The average Bonchev–Trinajstić information content (AvgIpc) is 3.38. The number of thiophene rings is 1. The molecule has 3 heterocycles. The summed E-state index contributed by atoms with van der Waals surface area (Å²) in [5.41, 5.74) is 0.818. The van der Waals surface area contributed by atoms with Crippen LogP contribution in [0.15, 0.2) is 46.0 Å². The van der Waals surface area contributed by atoms with Gasteiger partial charge < -0.3 is 5.32 Å². The molecular formula is C19H21N3O3S3. The summed E-state index contributed by atoms with van der Waals surface area (Å²) in [7, 11) is -3.46. The standard InChI is InChI=1S/C19H21N3O3S3/c23-18(19-21-15-7-1-2-8-16(15)27-19)20-11-10-14-6-3-4-12-22(14)28(24,25)17-9-5-13-26-17/h1-2,5,7-9,13-14H,3-4,6,10-12H2,(H,20,23). The number of thiazole rings is 1. The van der Waals surface area contributed by atoms with E-state index in [1.807, 2.05) is 24.3 Å². The molecule has 0 aliphatic carbocycles. The van der Waals surface area contributed by atoms with Crippen molar-refractivity contribution in [2.75, 3.05) is 13.1 Å². The number of carbonyl (C=O) groups is 1. The zero-order valence-electron chi connectivity index (χ0n) is 15.2. The van der Waals surface area contributed by atoms with Crippen LogP contribution in [-0.4, -0.2) is 42.7 Å². The first-order valence-corrected chi connectivity index (χ1v) is 12.4. The Hall–Kier alpha value is -1.81. The minimum absolute atomic E-state index is 0.0866. The van der Waals surface area contributed by atoms with Gasteiger partial charge in [0.2, 0.25) is 0 Å². The Morgan fingerprint density at radius 2 is 2.07 bits per heavy atom. The highest BCUT2D eigenvalue weighted by Gasteiger charge is 2.33. The third kappa shape index (κ3) is 3.98. The van der Waals surface area contributed by atoms with Gasteiger partial charge in [0, 0.05) is 19.1 Å². The number of sulfonamides is 1. The number of piperidine rings is 1. The molecule has 6 nitrogen and oxygen atoms in total. The van der Waals surface area contributed by atoms with E-state index in [9.17, 15) is 13.2 Å². The third-order valence-corrected chi connectivity index (χ3v) is 9.24. The average molecular weight is 436 g/mol. The Bertz CT molecular complexity index is 1030. The van der Waals surface area contributed by atoms with E-state index >= 15 is 0 Å². The first-order chi connectivity index (χ1) is 13.6. The number of hydrogen-bond donors (Lipinski definition) is 1. The molecule has 1 aromatic carbocycles. The Labute approximate surface area is 172 Å². The van der Waals surface area contributed by atoms with Gasteiger partial charge in [0.1, 0.15) is 4.21 Å². The number of hydrogen-bond acceptors (Lipinski definition) is 6. The SMILES string of the molecule is O=C(NCCC1CCCCN1S(=O)(=O)c1cccs1)c1nc2ccccc2s1. The summed E-state index contributed by atoms with van der Waals surface area (Å²) in [4.78, 5) is 16.8. The highest BCUT2D eigenvalue weighted by molar-refractivity contribution is 7.91. The van der Waals surface area contributed by atoms with Gasteiger partial charge in [-0.05, 0) is 42.8 Å². The van der Waals surface area contributed by atoms with E-state index in [2.05, 4.69) is 10.3 Å². The lowest BCUT2D eigenvalue weighted by Crippen LogP contribution is -2.44. The van der Waals surface area contributed by atoms with Crippen molar-refractivity contribution < 1.29 is 13.2 Å². The molecule has 1 aliphatic heterocycles. The molecule has 1 N–H and O–H groups in total. The molecule has 28 heavy (non-hydrogen) atoms. The zero-order valence-corrected chi connectivity index (χ0v) is 17.7. The fraction of sp³-hybridized carbons (Fsp3) is 0.368.